The second kappa shape index (κ2) is 7.73. The lowest BCUT2D eigenvalue weighted by Gasteiger charge is -2.18. The van der Waals surface area contributed by atoms with Crippen LogP contribution in [0.15, 0.2) is 24.3 Å². The number of hydrogen-bond acceptors (Lipinski definition) is 5. The minimum absolute atomic E-state index is 0.255. The lowest BCUT2D eigenvalue weighted by molar-refractivity contribution is -0.144. The summed E-state index contributed by atoms with van der Waals surface area (Å²) >= 11 is 0. The Bertz CT molecular complexity index is 576. The summed E-state index contributed by atoms with van der Waals surface area (Å²) in [6, 6.07) is 5.54. The topological polar surface area (TPSA) is 111 Å². The van der Waals surface area contributed by atoms with Crippen LogP contribution in [0.4, 0.5) is 5.69 Å². The van der Waals surface area contributed by atoms with Gasteiger partial charge in [-0.25, -0.2) is 4.79 Å². The maximum absolute atomic E-state index is 12.0. The van der Waals surface area contributed by atoms with Crippen LogP contribution in [0.3, 0.4) is 0 Å². The molecule has 0 saturated carbocycles. The van der Waals surface area contributed by atoms with Gasteiger partial charge in [0.05, 0.1) is 12.1 Å². The van der Waals surface area contributed by atoms with E-state index in [1.807, 2.05) is 0 Å². The van der Waals surface area contributed by atoms with Crippen molar-refractivity contribution in [1.29, 1.82) is 0 Å². The second-order valence-electron chi connectivity index (χ2n) is 5.70. The van der Waals surface area contributed by atoms with Crippen LogP contribution in [-0.2, 0) is 14.3 Å². The first-order valence-electron chi connectivity index (χ1n) is 7.33. The van der Waals surface area contributed by atoms with E-state index in [0.29, 0.717) is 11.3 Å². The van der Waals surface area contributed by atoms with Crippen LogP contribution in [0, 0.1) is 0 Å². The number of carbonyl (C=O) groups is 3. The molecule has 0 heterocycles. The van der Waals surface area contributed by atoms with Gasteiger partial charge in [-0.15, -0.1) is 0 Å². The molecule has 1 aromatic rings. The average molecular weight is 321 g/mol. The summed E-state index contributed by atoms with van der Waals surface area (Å²) in [7, 11) is 0. The second-order valence-corrected chi connectivity index (χ2v) is 5.70. The monoisotopic (exact) mass is 321 g/mol. The zero-order chi connectivity index (χ0) is 17.6. The standard InChI is InChI=1S/C16H23N3O4/c1-5-23-14(21)10(2)18-13(20)11-6-8-12(9-7-11)19-15(22)16(3,4)17/h6-10H,5,17H2,1-4H3,(H,18,20)(H,19,22). The minimum Gasteiger partial charge on any atom is -0.464 e. The number of hydrogen-bond donors (Lipinski definition) is 3. The van der Waals surface area contributed by atoms with Crippen molar-refractivity contribution in [1.82, 2.24) is 5.32 Å². The molecular formula is C16H23N3O4. The predicted octanol–water partition coefficient (Wildman–Crippen LogP) is 1.04. The van der Waals surface area contributed by atoms with Crippen LogP contribution in [-0.4, -0.2) is 36.0 Å². The summed E-state index contributed by atoms with van der Waals surface area (Å²) in [5.41, 5.74) is 5.60. The Morgan fingerprint density at radius 3 is 2.26 bits per heavy atom. The van der Waals surface area contributed by atoms with Crippen LogP contribution in [0.1, 0.15) is 38.1 Å². The number of nitrogens with one attached hydrogen (secondary N) is 2. The Morgan fingerprint density at radius 2 is 1.78 bits per heavy atom. The van der Waals surface area contributed by atoms with Gasteiger partial charge in [0.2, 0.25) is 5.91 Å². The van der Waals surface area contributed by atoms with Crippen LogP contribution in [0.25, 0.3) is 0 Å². The molecule has 0 bridgehead atoms. The number of anilines is 1. The van der Waals surface area contributed by atoms with E-state index in [1.165, 1.54) is 0 Å². The maximum atomic E-state index is 12.0. The summed E-state index contributed by atoms with van der Waals surface area (Å²) in [4.78, 5) is 35.3. The van der Waals surface area contributed by atoms with Crippen molar-refractivity contribution >= 4 is 23.5 Å². The Kier molecular flexibility index (Phi) is 6.27. The molecule has 7 heteroatoms. The number of amides is 2. The molecule has 23 heavy (non-hydrogen) atoms. The molecule has 0 aliphatic carbocycles. The Morgan fingerprint density at radius 1 is 1.22 bits per heavy atom. The van der Waals surface area contributed by atoms with Crippen LogP contribution in [0.2, 0.25) is 0 Å². The fourth-order valence-electron chi connectivity index (χ4n) is 1.60. The van der Waals surface area contributed by atoms with Gasteiger partial charge in [0.15, 0.2) is 0 Å². The van der Waals surface area contributed by atoms with Crippen LogP contribution >= 0.6 is 0 Å². The van der Waals surface area contributed by atoms with Gasteiger partial charge in [-0.3, -0.25) is 9.59 Å². The molecule has 4 N–H and O–H groups in total. The SMILES string of the molecule is CCOC(=O)C(C)NC(=O)c1ccc(NC(=O)C(C)(C)N)cc1. The number of benzene rings is 1. The highest BCUT2D eigenvalue weighted by molar-refractivity contribution is 5.99. The van der Waals surface area contributed by atoms with Gasteiger partial charge in [0, 0.05) is 11.3 Å². The molecule has 1 unspecified atom stereocenters. The minimum atomic E-state index is -0.995. The molecule has 2 amide bonds. The normalized spacial score (nSPS) is 12.2. The van der Waals surface area contributed by atoms with Gasteiger partial charge in [-0.05, 0) is 52.0 Å². The van der Waals surface area contributed by atoms with Gasteiger partial charge in [0.25, 0.3) is 5.91 Å². The third-order valence-electron chi connectivity index (χ3n) is 2.98. The van der Waals surface area contributed by atoms with E-state index in [4.69, 9.17) is 10.5 Å². The quantitative estimate of drug-likeness (QED) is 0.678. The van der Waals surface area contributed by atoms with Crippen molar-refractivity contribution < 1.29 is 19.1 Å². The fourth-order valence-corrected chi connectivity index (χ4v) is 1.60. The molecule has 1 rings (SSSR count). The molecule has 0 fully saturated rings. The first kappa shape index (κ1) is 18.6. The van der Waals surface area contributed by atoms with Crippen LogP contribution < -0.4 is 16.4 Å². The van der Waals surface area contributed by atoms with E-state index in [0.717, 1.165) is 0 Å². The zero-order valence-corrected chi connectivity index (χ0v) is 13.8. The molecule has 0 aliphatic rings. The molecular weight excluding hydrogens is 298 g/mol. The van der Waals surface area contributed by atoms with Crippen molar-refractivity contribution in [2.24, 2.45) is 5.73 Å². The molecule has 1 aromatic carbocycles. The number of carbonyl (C=O) groups excluding carboxylic acids is 3. The lowest BCUT2D eigenvalue weighted by atomic mass is 10.1. The van der Waals surface area contributed by atoms with E-state index >= 15 is 0 Å². The number of ether oxygens (including phenoxy) is 1. The zero-order valence-electron chi connectivity index (χ0n) is 13.8. The van der Waals surface area contributed by atoms with Gasteiger partial charge < -0.3 is 21.1 Å². The average Bonchev–Trinajstić information content (AvgIpc) is 2.47. The van der Waals surface area contributed by atoms with Gasteiger partial charge >= 0.3 is 5.97 Å². The van der Waals surface area contributed by atoms with E-state index in [-0.39, 0.29) is 12.5 Å². The first-order valence-corrected chi connectivity index (χ1v) is 7.33. The summed E-state index contributed by atoms with van der Waals surface area (Å²) < 4.78 is 4.82. The summed E-state index contributed by atoms with van der Waals surface area (Å²) in [6.07, 6.45) is 0. The van der Waals surface area contributed by atoms with E-state index in [1.54, 1.807) is 52.0 Å². The smallest absolute Gasteiger partial charge is 0.328 e. The van der Waals surface area contributed by atoms with E-state index in [9.17, 15) is 14.4 Å². The number of nitrogens with two attached hydrogens (primary N) is 1. The van der Waals surface area contributed by atoms with E-state index in [2.05, 4.69) is 10.6 Å². The van der Waals surface area contributed by atoms with Crippen molar-refractivity contribution in [3.05, 3.63) is 29.8 Å². The van der Waals surface area contributed by atoms with Crippen LogP contribution in [0.5, 0.6) is 0 Å². The van der Waals surface area contributed by atoms with Gasteiger partial charge in [-0.2, -0.15) is 0 Å². The molecule has 0 spiro atoms. The van der Waals surface area contributed by atoms with Crippen molar-refractivity contribution in [2.75, 3.05) is 11.9 Å². The summed E-state index contributed by atoms with van der Waals surface area (Å²) in [5, 5.41) is 5.20. The molecule has 0 radical (unpaired) electrons. The number of esters is 1. The van der Waals surface area contributed by atoms with E-state index < -0.39 is 23.5 Å². The Labute approximate surface area is 135 Å². The Balaban J connectivity index is 2.67. The highest BCUT2D eigenvalue weighted by Crippen LogP contribution is 2.12. The number of rotatable bonds is 6. The highest BCUT2D eigenvalue weighted by Gasteiger charge is 2.22. The van der Waals surface area contributed by atoms with Crippen molar-refractivity contribution in [3.8, 4) is 0 Å². The third-order valence-corrected chi connectivity index (χ3v) is 2.98. The third kappa shape index (κ3) is 5.71. The maximum Gasteiger partial charge on any atom is 0.328 e. The Hall–Kier alpha value is -2.41. The highest BCUT2D eigenvalue weighted by atomic mass is 16.5. The van der Waals surface area contributed by atoms with Gasteiger partial charge in [0.1, 0.15) is 6.04 Å². The molecule has 126 valence electrons. The fraction of sp³-hybridized carbons (Fsp3) is 0.438. The predicted molar refractivity (Wildman–Crippen MR) is 86.9 cm³/mol. The molecule has 7 nitrogen and oxygen atoms in total. The van der Waals surface area contributed by atoms with Crippen molar-refractivity contribution in [2.45, 2.75) is 39.3 Å². The lowest BCUT2D eigenvalue weighted by Crippen LogP contribution is -2.45. The molecule has 0 aromatic heterocycles. The first-order chi connectivity index (χ1) is 10.6. The summed E-state index contributed by atoms with van der Waals surface area (Å²) in [6.45, 7) is 6.70. The van der Waals surface area contributed by atoms with Gasteiger partial charge in [-0.1, -0.05) is 0 Å². The largest absolute Gasteiger partial charge is 0.464 e. The molecule has 0 saturated heterocycles. The summed E-state index contributed by atoms with van der Waals surface area (Å²) in [5.74, 6) is -1.22. The molecule has 0 aliphatic heterocycles. The molecule has 1 atom stereocenters. The van der Waals surface area contributed by atoms with Crippen molar-refractivity contribution in [3.63, 3.8) is 0 Å².